The maximum absolute atomic E-state index is 6.76. The summed E-state index contributed by atoms with van der Waals surface area (Å²) >= 11 is 0. The van der Waals surface area contributed by atoms with E-state index < -0.39 is 0 Å². The van der Waals surface area contributed by atoms with Crippen LogP contribution in [-0.4, -0.2) is 13.2 Å². The second-order valence-electron chi connectivity index (χ2n) is 6.19. The normalized spacial score (nSPS) is 24.3. The van der Waals surface area contributed by atoms with E-state index in [0.717, 1.165) is 38.9 Å². The van der Waals surface area contributed by atoms with E-state index in [2.05, 4.69) is 24.3 Å². The molecule has 1 saturated carbocycles. The van der Waals surface area contributed by atoms with E-state index in [1.807, 2.05) is 0 Å². The molecule has 19 heavy (non-hydrogen) atoms. The Hall–Kier alpha value is -0.860. The zero-order valence-corrected chi connectivity index (χ0v) is 11.7. The van der Waals surface area contributed by atoms with Gasteiger partial charge in [-0.2, -0.15) is 0 Å². The number of nitrogens with two attached hydrogens (primary N) is 1. The van der Waals surface area contributed by atoms with Crippen molar-refractivity contribution < 1.29 is 4.74 Å². The minimum absolute atomic E-state index is 0.0762. The van der Waals surface area contributed by atoms with Gasteiger partial charge in [0, 0.05) is 18.8 Å². The maximum Gasteiger partial charge on any atom is 0.0471 e. The summed E-state index contributed by atoms with van der Waals surface area (Å²) in [7, 11) is 0. The Morgan fingerprint density at radius 1 is 1.00 bits per heavy atom. The van der Waals surface area contributed by atoms with E-state index in [1.165, 1.54) is 30.4 Å². The van der Waals surface area contributed by atoms with Gasteiger partial charge in [-0.05, 0) is 42.7 Å². The number of hydrogen-bond donors (Lipinski definition) is 1. The molecule has 1 saturated heterocycles. The Bertz CT molecular complexity index is 417. The van der Waals surface area contributed by atoms with Crippen LogP contribution in [0.2, 0.25) is 0 Å². The van der Waals surface area contributed by atoms with Gasteiger partial charge in [0.05, 0.1) is 0 Å². The van der Waals surface area contributed by atoms with E-state index in [4.69, 9.17) is 10.5 Å². The summed E-state index contributed by atoms with van der Waals surface area (Å²) in [6, 6.07) is 8.90. The van der Waals surface area contributed by atoms with Crippen LogP contribution in [0.15, 0.2) is 24.3 Å². The molecule has 1 aliphatic heterocycles. The first-order valence-corrected chi connectivity index (χ1v) is 7.76. The molecule has 0 unspecified atom stereocenters. The third-order valence-corrected chi connectivity index (χ3v) is 4.90. The monoisotopic (exact) mass is 259 g/mol. The molecule has 1 aromatic carbocycles. The van der Waals surface area contributed by atoms with Crippen molar-refractivity contribution in [3.63, 3.8) is 0 Å². The van der Waals surface area contributed by atoms with E-state index in [0.29, 0.717) is 5.92 Å². The van der Waals surface area contributed by atoms with Gasteiger partial charge >= 0.3 is 0 Å². The Morgan fingerprint density at radius 3 is 2.42 bits per heavy atom. The highest BCUT2D eigenvalue weighted by molar-refractivity contribution is 5.36. The predicted molar refractivity (Wildman–Crippen MR) is 78.2 cm³/mol. The van der Waals surface area contributed by atoms with Gasteiger partial charge in [0.25, 0.3) is 0 Å². The first-order chi connectivity index (χ1) is 9.30. The van der Waals surface area contributed by atoms with Gasteiger partial charge in [-0.1, -0.05) is 43.5 Å². The van der Waals surface area contributed by atoms with E-state index in [1.54, 1.807) is 0 Å². The number of ether oxygens (including phenoxy) is 1. The third kappa shape index (κ3) is 2.70. The summed E-state index contributed by atoms with van der Waals surface area (Å²) in [6.45, 7) is 1.80. The molecule has 0 atom stereocenters. The fourth-order valence-corrected chi connectivity index (χ4v) is 3.77. The van der Waals surface area contributed by atoms with E-state index >= 15 is 0 Å². The highest BCUT2D eigenvalue weighted by Crippen LogP contribution is 2.40. The standard InChI is InChI=1S/C17H25NO/c18-17(10-4-1-5-11-17)16-7-3-2-6-15(16)14-8-12-19-13-9-14/h2-3,6-7,14H,1,4-5,8-13,18H2. The van der Waals surface area contributed by atoms with Crippen LogP contribution < -0.4 is 5.73 Å². The predicted octanol–water partition coefficient (Wildman–Crippen LogP) is 3.70. The molecule has 2 heteroatoms. The van der Waals surface area contributed by atoms with Gasteiger partial charge in [0.15, 0.2) is 0 Å². The average molecular weight is 259 g/mol. The van der Waals surface area contributed by atoms with Crippen molar-refractivity contribution >= 4 is 0 Å². The summed E-state index contributed by atoms with van der Waals surface area (Å²) in [6.07, 6.45) is 8.48. The van der Waals surface area contributed by atoms with E-state index in [-0.39, 0.29) is 5.54 Å². The third-order valence-electron chi connectivity index (χ3n) is 4.90. The smallest absolute Gasteiger partial charge is 0.0471 e. The highest BCUT2D eigenvalue weighted by Gasteiger charge is 2.33. The van der Waals surface area contributed by atoms with Crippen LogP contribution in [0.25, 0.3) is 0 Å². The lowest BCUT2D eigenvalue weighted by Gasteiger charge is -2.37. The minimum Gasteiger partial charge on any atom is -0.381 e. The van der Waals surface area contributed by atoms with Crippen molar-refractivity contribution in [2.75, 3.05) is 13.2 Å². The Kier molecular flexibility index (Phi) is 3.90. The molecule has 2 N–H and O–H groups in total. The number of rotatable bonds is 2. The van der Waals surface area contributed by atoms with Gasteiger partial charge in [-0.25, -0.2) is 0 Å². The summed E-state index contributed by atoms with van der Waals surface area (Å²) in [5, 5.41) is 0. The first kappa shape index (κ1) is 13.1. The molecular weight excluding hydrogens is 234 g/mol. The fraction of sp³-hybridized carbons (Fsp3) is 0.647. The van der Waals surface area contributed by atoms with Crippen LogP contribution in [0.5, 0.6) is 0 Å². The highest BCUT2D eigenvalue weighted by atomic mass is 16.5. The molecule has 3 rings (SSSR count). The Morgan fingerprint density at radius 2 is 1.68 bits per heavy atom. The topological polar surface area (TPSA) is 35.2 Å². The lowest BCUT2D eigenvalue weighted by Crippen LogP contribution is -2.40. The van der Waals surface area contributed by atoms with Crippen LogP contribution in [0.1, 0.15) is 62.0 Å². The molecule has 0 bridgehead atoms. The summed E-state index contributed by atoms with van der Waals surface area (Å²) in [5.41, 5.74) is 9.59. The van der Waals surface area contributed by atoms with Gasteiger partial charge in [-0.15, -0.1) is 0 Å². The largest absolute Gasteiger partial charge is 0.381 e. The van der Waals surface area contributed by atoms with Gasteiger partial charge in [0.2, 0.25) is 0 Å². The van der Waals surface area contributed by atoms with Crippen molar-refractivity contribution in [3.05, 3.63) is 35.4 Å². The molecule has 2 fully saturated rings. The molecule has 1 aliphatic carbocycles. The molecule has 2 nitrogen and oxygen atoms in total. The molecule has 104 valence electrons. The van der Waals surface area contributed by atoms with Crippen LogP contribution in [-0.2, 0) is 10.3 Å². The first-order valence-electron chi connectivity index (χ1n) is 7.76. The average Bonchev–Trinajstić information content (AvgIpc) is 2.49. The summed E-state index contributed by atoms with van der Waals surface area (Å²) in [4.78, 5) is 0. The SMILES string of the molecule is NC1(c2ccccc2C2CCOCC2)CCCCC1. The second kappa shape index (κ2) is 5.64. The minimum atomic E-state index is -0.0762. The van der Waals surface area contributed by atoms with Crippen molar-refractivity contribution in [3.8, 4) is 0 Å². The van der Waals surface area contributed by atoms with Crippen molar-refractivity contribution in [2.24, 2.45) is 5.73 Å². The second-order valence-corrected chi connectivity index (χ2v) is 6.19. The van der Waals surface area contributed by atoms with Crippen LogP contribution >= 0.6 is 0 Å². The fourth-order valence-electron chi connectivity index (χ4n) is 3.77. The summed E-state index contributed by atoms with van der Waals surface area (Å²) < 4.78 is 5.50. The molecule has 0 amide bonds. The molecule has 1 aromatic rings. The number of benzene rings is 1. The van der Waals surface area contributed by atoms with Crippen LogP contribution in [0, 0.1) is 0 Å². The van der Waals surface area contributed by atoms with Crippen molar-refractivity contribution in [1.29, 1.82) is 0 Å². The van der Waals surface area contributed by atoms with Gasteiger partial charge in [0.1, 0.15) is 0 Å². The van der Waals surface area contributed by atoms with E-state index in [9.17, 15) is 0 Å². The molecule has 2 aliphatic rings. The van der Waals surface area contributed by atoms with Crippen LogP contribution in [0.3, 0.4) is 0 Å². The van der Waals surface area contributed by atoms with Gasteiger partial charge < -0.3 is 10.5 Å². The molecule has 0 aromatic heterocycles. The number of hydrogen-bond acceptors (Lipinski definition) is 2. The lowest BCUT2D eigenvalue weighted by molar-refractivity contribution is 0.0847. The van der Waals surface area contributed by atoms with Crippen molar-refractivity contribution in [2.45, 2.75) is 56.4 Å². The molecular formula is C17H25NO. The van der Waals surface area contributed by atoms with Gasteiger partial charge in [-0.3, -0.25) is 0 Å². The maximum atomic E-state index is 6.76. The van der Waals surface area contributed by atoms with Crippen molar-refractivity contribution in [1.82, 2.24) is 0 Å². The van der Waals surface area contributed by atoms with Crippen LogP contribution in [0.4, 0.5) is 0 Å². The zero-order valence-electron chi connectivity index (χ0n) is 11.7. The lowest BCUT2D eigenvalue weighted by atomic mass is 9.73. The Labute approximate surface area is 116 Å². The molecule has 0 radical (unpaired) electrons. The summed E-state index contributed by atoms with van der Waals surface area (Å²) in [5.74, 6) is 0.646. The molecule has 1 heterocycles. The Balaban J connectivity index is 1.91. The quantitative estimate of drug-likeness (QED) is 0.879. The zero-order chi connectivity index (χ0) is 13.1. The molecule has 0 spiro atoms.